The number of benzene rings is 1. The maximum Gasteiger partial charge on any atom is 0.0509 e. The normalized spacial score (nSPS) is 32.0. The number of hydrogen-bond acceptors (Lipinski definition) is 2. The molecule has 1 aliphatic heterocycles. The van der Waals surface area contributed by atoms with E-state index in [2.05, 4.69) is 43.4 Å². The smallest absolute Gasteiger partial charge is 0.0509 e. The van der Waals surface area contributed by atoms with Gasteiger partial charge >= 0.3 is 0 Å². The molecule has 1 saturated heterocycles. The second-order valence-corrected chi connectivity index (χ2v) is 6.30. The van der Waals surface area contributed by atoms with Crippen molar-refractivity contribution in [3.8, 4) is 0 Å². The van der Waals surface area contributed by atoms with E-state index in [0.717, 1.165) is 25.0 Å². The number of hydrogen-bond donors (Lipinski definition) is 1. The molecule has 3 rings (SSSR count). The molecule has 2 nitrogen and oxygen atoms in total. The van der Waals surface area contributed by atoms with Crippen LogP contribution < -0.4 is 5.32 Å². The van der Waals surface area contributed by atoms with E-state index in [4.69, 9.17) is 4.74 Å². The zero-order valence-electron chi connectivity index (χ0n) is 12.1. The number of aryl methyl sites for hydroxylation is 1. The standard InChI is InChI=1S/C17H25NO/c1-12-5-3-4-6-17(12)15-9-16(10-15)18-13(2)14-7-8-19-11-14/h3-6,13-16,18H,7-11H2,1-2H3. The molecule has 0 aromatic heterocycles. The fourth-order valence-corrected chi connectivity index (χ4v) is 3.51. The lowest BCUT2D eigenvalue weighted by Gasteiger charge is -2.39. The summed E-state index contributed by atoms with van der Waals surface area (Å²) in [5.74, 6) is 1.49. The highest BCUT2D eigenvalue weighted by Crippen LogP contribution is 2.38. The van der Waals surface area contributed by atoms with E-state index in [1.54, 1.807) is 5.56 Å². The van der Waals surface area contributed by atoms with Gasteiger partial charge in [-0.1, -0.05) is 24.3 Å². The highest BCUT2D eigenvalue weighted by atomic mass is 16.5. The molecular weight excluding hydrogens is 234 g/mol. The van der Waals surface area contributed by atoms with Gasteiger partial charge in [0.15, 0.2) is 0 Å². The fraction of sp³-hybridized carbons (Fsp3) is 0.647. The van der Waals surface area contributed by atoms with Crippen molar-refractivity contribution in [1.29, 1.82) is 0 Å². The Morgan fingerprint density at radius 3 is 2.74 bits per heavy atom. The molecule has 1 heterocycles. The van der Waals surface area contributed by atoms with Crippen molar-refractivity contribution in [1.82, 2.24) is 5.32 Å². The molecule has 2 atom stereocenters. The largest absolute Gasteiger partial charge is 0.381 e. The molecule has 0 bridgehead atoms. The van der Waals surface area contributed by atoms with Crippen LogP contribution in [0.3, 0.4) is 0 Å². The highest BCUT2D eigenvalue weighted by Gasteiger charge is 2.33. The minimum Gasteiger partial charge on any atom is -0.381 e. The third kappa shape index (κ3) is 2.85. The van der Waals surface area contributed by atoms with Gasteiger partial charge in [0.25, 0.3) is 0 Å². The van der Waals surface area contributed by atoms with E-state index in [9.17, 15) is 0 Å². The Morgan fingerprint density at radius 1 is 1.26 bits per heavy atom. The van der Waals surface area contributed by atoms with E-state index in [0.29, 0.717) is 12.1 Å². The van der Waals surface area contributed by atoms with E-state index < -0.39 is 0 Å². The molecule has 104 valence electrons. The lowest BCUT2D eigenvalue weighted by Crippen LogP contribution is -2.47. The lowest BCUT2D eigenvalue weighted by atomic mass is 9.74. The first-order chi connectivity index (χ1) is 9.24. The predicted molar refractivity (Wildman–Crippen MR) is 78.5 cm³/mol. The first-order valence-electron chi connectivity index (χ1n) is 7.63. The van der Waals surface area contributed by atoms with Gasteiger partial charge in [-0.05, 0) is 56.1 Å². The molecule has 2 fully saturated rings. The molecule has 2 heteroatoms. The van der Waals surface area contributed by atoms with Crippen molar-refractivity contribution in [2.45, 2.75) is 51.1 Å². The van der Waals surface area contributed by atoms with Crippen LogP contribution in [0.2, 0.25) is 0 Å². The number of nitrogens with one attached hydrogen (secondary N) is 1. The first-order valence-corrected chi connectivity index (χ1v) is 7.63. The van der Waals surface area contributed by atoms with Crippen molar-refractivity contribution in [2.24, 2.45) is 5.92 Å². The van der Waals surface area contributed by atoms with Crippen LogP contribution in [-0.2, 0) is 4.74 Å². The summed E-state index contributed by atoms with van der Waals surface area (Å²) in [6.45, 7) is 6.45. The summed E-state index contributed by atoms with van der Waals surface area (Å²) in [6.07, 6.45) is 3.81. The fourth-order valence-electron chi connectivity index (χ4n) is 3.51. The molecule has 0 spiro atoms. The van der Waals surface area contributed by atoms with Gasteiger partial charge in [-0.2, -0.15) is 0 Å². The van der Waals surface area contributed by atoms with Crippen molar-refractivity contribution in [3.05, 3.63) is 35.4 Å². The van der Waals surface area contributed by atoms with Crippen LogP contribution in [0.25, 0.3) is 0 Å². The molecule has 1 saturated carbocycles. The van der Waals surface area contributed by atoms with Crippen molar-refractivity contribution in [2.75, 3.05) is 13.2 Å². The summed E-state index contributed by atoms with van der Waals surface area (Å²) in [7, 11) is 0. The van der Waals surface area contributed by atoms with Gasteiger partial charge in [0, 0.05) is 18.7 Å². The molecule has 1 aromatic carbocycles. The molecule has 1 aliphatic carbocycles. The molecular formula is C17H25NO. The van der Waals surface area contributed by atoms with Crippen LogP contribution in [0.1, 0.15) is 43.2 Å². The average molecular weight is 259 g/mol. The van der Waals surface area contributed by atoms with Crippen LogP contribution in [0.4, 0.5) is 0 Å². The SMILES string of the molecule is Cc1ccccc1C1CC(NC(C)C2CCOC2)C1. The average Bonchev–Trinajstić information content (AvgIpc) is 2.88. The van der Waals surface area contributed by atoms with Crippen molar-refractivity contribution in [3.63, 3.8) is 0 Å². The zero-order valence-corrected chi connectivity index (χ0v) is 12.1. The van der Waals surface area contributed by atoms with Crippen molar-refractivity contribution >= 4 is 0 Å². The summed E-state index contributed by atoms with van der Waals surface area (Å²) in [6, 6.07) is 10.1. The second-order valence-electron chi connectivity index (χ2n) is 6.30. The Kier molecular flexibility index (Phi) is 3.90. The predicted octanol–water partition coefficient (Wildman–Crippen LogP) is 3.26. The minimum atomic E-state index is 0.602. The van der Waals surface area contributed by atoms with Crippen molar-refractivity contribution < 1.29 is 4.74 Å². The molecule has 2 unspecified atom stereocenters. The third-order valence-corrected chi connectivity index (χ3v) is 4.94. The lowest BCUT2D eigenvalue weighted by molar-refractivity contribution is 0.170. The van der Waals surface area contributed by atoms with Gasteiger partial charge < -0.3 is 10.1 Å². The molecule has 19 heavy (non-hydrogen) atoms. The summed E-state index contributed by atoms with van der Waals surface area (Å²) in [4.78, 5) is 0. The summed E-state index contributed by atoms with van der Waals surface area (Å²) in [5.41, 5.74) is 3.00. The van der Waals surface area contributed by atoms with Crippen LogP contribution >= 0.6 is 0 Å². The van der Waals surface area contributed by atoms with Crippen LogP contribution in [-0.4, -0.2) is 25.3 Å². The summed E-state index contributed by atoms with van der Waals surface area (Å²) < 4.78 is 5.48. The molecule has 0 amide bonds. The molecule has 1 N–H and O–H groups in total. The summed E-state index contributed by atoms with van der Waals surface area (Å²) in [5, 5.41) is 3.80. The number of rotatable bonds is 4. The first kappa shape index (κ1) is 13.1. The van der Waals surface area contributed by atoms with Gasteiger partial charge in [-0.25, -0.2) is 0 Å². The Bertz CT molecular complexity index is 419. The quantitative estimate of drug-likeness (QED) is 0.896. The maximum atomic E-state index is 5.48. The van der Waals surface area contributed by atoms with Gasteiger partial charge in [0.1, 0.15) is 0 Å². The summed E-state index contributed by atoms with van der Waals surface area (Å²) >= 11 is 0. The Morgan fingerprint density at radius 2 is 2.05 bits per heavy atom. The van der Waals surface area contributed by atoms with Crippen LogP contribution in [0.5, 0.6) is 0 Å². The Balaban J connectivity index is 1.49. The maximum absolute atomic E-state index is 5.48. The minimum absolute atomic E-state index is 0.602. The second kappa shape index (κ2) is 5.64. The zero-order chi connectivity index (χ0) is 13.2. The topological polar surface area (TPSA) is 21.3 Å². The Labute approximate surface area is 116 Å². The highest BCUT2D eigenvalue weighted by molar-refractivity contribution is 5.31. The Hall–Kier alpha value is -0.860. The van der Waals surface area contributed by atoms with E-state index in [1.165, 1.54) is 24.8 Å². The number of ether oxygens (including phenoxy) is 1. The van der Waals surface area contributed by atoms with Crippen LogP contribution in [0, 0.1) is 12.8 Å². The van der Waals surface area contributed by atoms with Gasteiger partial charge in [0.05, 0.1) is 6.61 Å². The van der Waals surface area contributed by atoms with Gasteiger partial charge in [-0.15, -0.1) is 0 Å². The third-order valence-electron chi connectivity index (χ3n) is 4.94. The molecule has 2 aliphatic rings. The van der Waals surface area contributed by atoms with Crippen LogP contribution in [0.15, 0.2) is 24.3 Å². The van der Waals surface area contributed by atoms with E-state index in [1.807, 2.05) is 0 Å². The molecule has 1 aromatic rings. The van der Waals surface area contributed by atoms with E-state index in [-0.39, 0.29) is 0 Å². The van der Waals surface area contributed by atoms with Gasteiger partial charge in [0.2, 0.25) is 0 Å². The van der Waals surface area contributed by atoms with Gasteiger partial charge in [-0.3, -0.25) is 0 Å². The monoisotopic (exact) mass is 259 g/mol. The molecule has 0 radical (unpaired) electrons. The van der Waals surface area contributed by atoms with E-state index >= 15 is 0 Å².